The number of carbonyl (C=O) groups excluding carboxylic acids is 1. The summed E-state index contributed by atoms with van der Waals surface area (Å²) in [6.07, 6.45) is -11.2. The SMILES string of the molecule is COP(=O)(CC(=O)Oc1cc(C(F)(F)F)cc(C(F)(F)F)c1)OC. The zero-order valence-electron chi connectivity index (χ0n) is 12.2. The molecule has 0 heterocycles. The Kier molecular flexibility index (Phi) is 6.07. The average Bonchev–Trinajstić information content (AvgIpc) is 2.44. The molecule has 0 fully saturated rings. The van der Waals surface area contributed by atoms with E-state index in [1.165, 1.54) is 0 Å². The number of rotatable bonds is 5. The maximum absolute atomic E-state index is 12.7. The van der Waals surface area contributed by atoms with E-state index in [-0.39, 0.29) is 18.2 Å². The standard InChI is InChI=1S/C12H11F6O5P/c1-21-24(20,22-2)6-10(19)23-9-4-7(11(13,14)15)3-8(5-9)12(16,17)18/h3-5H,6H2,1-2H3. The molecule has 0 aromatic heterocycles. The third kappa shape index (κ3) is 5.50. The smallest absolute Gasteiger partial charge is 0.416 e. The van der Waals surface area contributed by atoms with Crippen LogP contribution in [0.3, 0.4) is 0 Å². The van der Waals surface area contributed by atoms with Gasteiger partial charge in [-0.15, -0.1) is 0 Å². The van der Waals surface area contributed by atoms with Gasteiger partial charge >= 0.3 is 25.9 Å². The highest BCUT2D eigenvalue weighted by molar-refractivity contribution is 7.54. The summed E-state index contributed by atoms with van der Waals surface area (Å²) < 4.78 is 101. The number of carbonyl (C=O) groups is 1. The largest absolute Gasteiger partial charge is 0.426 e. The summed E-state index contributed by atoms with van der Waals surface area (Å²) in [6.45, 7) is 0. The first kappa shape index (κ1) is 20.5. The number of hydrogen-bond acceptors (Lipinski definition) is 5. The van der Waals surface area contributed by atoms with Gasteiger partial charge in [-0.3, -0.25) is 9.36 Å². The molecule has 0 N–H and O–H groups in total. The first-order chi connectivity index (χ1) is 10.8. The van der Waals surface area contributed by atoms with Crippen LogP contribution >= 0.6 is 7.60 Å². The molecule has 0 spiro atoms. The van der Waals surface area contributed by atoms with E-state index in [1.54, 1.807) is 0 Å². The summed E-state index contributed by atoms with van der Waals surface area (Å²) in [5, 5.41) is 0. The molecule has 1 aromatic carbocycles. The summed E-state index contributed by atoms with van der Waals surface area (Å²) in [6, 6.07) is 0.321. The average molecular weight is 380 g/mol. The van der Waals surface area contributed by atoms with E-state index in [4.69, 9.17) is 0 Å². The molecule has 0 saturated carbocycles. The Labute approximate surface area is 132 Å². The predicted octanol–water partition coefficient (Wildman–Crippen LogP) is 4.12. The molecule has 136 valence electrons. The zero-order valence-corrected chi connectivity index (χ0v) is 13.1. The summed E-state index contributed by atoms with van der Waals surface area (Å²) >= 11 is 0. The minimum absolute atomic E-state index is 0.119. The number of halogens is 6. The van der Waals surface area contributed by atoms with E-state index in [9.17, 15) is 35.7 Å². The number of ether oxygens (including phenoxy) is 1. The van der Waals surface area contributed by atoms with E-state index in [2.05, 4.69) is 13.8 Å². The molecule has 1 aromatic rings. The molecule has 0 radical (unpaired) electrons. The van der Waals surface area contributed by atoms with Crippen molar-refractivity contribution in [3.05, 3.63) is 29.3 Å². The van der Waals surface area contributed by atoms with Gasteiger partial charge in [0.05, 0.1) is 11.1 Å². The van der Waals surface area contributed by atoms with E-state index >= 15 is 0 Å². The maximum atomic E-state index is 12.7. The Morgan fingerprint density at radius 1 is 0.958 bits per heavy atom. The Morgan fingerprint density at radius 2 is 1.38 bits per heavy atom. The highest BCUT2D eigenvalue weighted by Crippen LogP contribution is 2.46. The molecule has 0 aliphatic rings. The molecule has 12 heteroatoms. The highest BCUT2D eigenvalue weighted by atomic mass is 31.2. The lowest BCUT2D eigenvalue weighted by Gasteiger charge is -2.15. The molecule has 0 saturated heterocycles. The van der Waals surface area contributed by atoms with Gasteiger partial charge in [-0.2, -0.15) is 26.3 Å². The lowest BCUT2D eigenvalue weighted by Crippen LogP contribution is -2.17. The van der Waals surface area contributed by atoms with Crippen LogP contribution in [-0.4, -0.2) is 26.4 Å². The summed E-state index contributed by atoms with van der Waals surface area (Å²) in [5.41, 5.74) is -3.30. The minimum atomic E-state index is -5.09. The Morgan fingerprint density at radius 3 is 1.71 bits per heavy atom. The summed E-state index contributed by atoms with van der Waals surface area (Å²) in [5.74, 6) is -2.38. The number of alkyl halides is 6. The molecule has 24 heavy (non-hydrogen) atoms. The summed E-state index contributed by atoms with van der Waals surface area (Å²) in [7, 11) is -1.99. The van der Waals surface area contributed by atoms with Crippen LogP contribution in [0.1, 0.15) is 11.1 Å². The first-order valence-corrected chi connectivity index (χ1v) is 7.74. The Hall–Kier alpha value is -1.58. The van der Waals surface area contributed by atoms with E-state index in [0.29, 0.717) is 0 Å². The minimum Gasteiger partial charge on any atom is -0.426 e. The Bertz CT molecular complexity index is 614. The van der Waals surface area contributed by atoms with E-state index < -0.39 is 49.0 Å². The number of esters is 1. The molecular weight excluding hydrogens is 369 g/mol. The van der Waals surface area contributed by atoms with Gasteiger partial charge in [0.25, 0.3) is 0 Å². The van der Waals surface area contributed by atoms with Gasteiger partial charge in [0.1, 0.15) is 11.9 Å². The lowest BCUT2D eigenvalue weighted by atomic mass is 10.1. The van der Waals surface area contributed by atoms with Gasteiger partial charge < -0.3 is 13.8 Å². The Balaban J connectivity index is 3.15. The van der Waals surface area contributed by atoms with Crippen molar-refractivity contribution in [2.75, 3.05) is 20.4 Å². The van der Waals surface area contributed by atoms with Crippen LogP contribution in [0.15, 0.2) is 18.2 Å². The predicted molar refractivity (Wildman–Crippen MR) is 68.6 cm³/mol. The molecule has 0 aliphatic carbocycles. The van der Waals surface area contributed by atoms with Crippen molar-refractivity contribution in [1.29, 1.82) is 0 Å². The van der Waals surface area contributed by atoms with Crippen LogP contribution in [-0.2, 0) is 30.8 Å². The third-order valence-corrected chi connectivity index (χ3v) is 4.43. The normalized spacial score (nSPS) is 13.0. The number of hydrogen-bond donors (Lipinski definition) is 0. The van der Waals surface area contributed by atoms with Gasteiger partial charge in [-0.05, 0) is 18.2 Å². The van der Waals surface area contributed by atoms with Gasteiger partial charge in [0.2, 0.25) is 0 Å². The lowest BCUT2D eigenvalue weighted by molar-refractivity contribution is -0.144. The summed E-state index contributed by atoms with van der Waals surface area (Å²) in [4.78, 5) is 11.6. The fourth-order valence-electron chi connectivity index (χ4n) is 1.51. The van der Waals surface area contributed by atoms with Crippen molar-refractivity contribution in [3.8, 4) is 5.75 Å². The molecule has 0 atom stereocenters. The van der Waals surface area contributed by atoms with E-state index in [1.807, 2.05) is 0 Å². The second kappa shape index (κ2) is 7.12. The third-order valence-electron chi connectivity index (χ3n) is 2.67. The molecule has 0 unspecified atom stereocenters. The van der Waals surface area contributed by atoms with Gasteiger partial charge in [0.15, 0.2) is 0 Å². The van der Waals surface area contributed by atoms with E-state index in [0.717, 1.165) is 14.2 Å². The maximum Gasteiger partial charge on any atom is 0.416 e. The molecule has 0 bridgehead atoms. The molecule has 1 rings (SSSR count). The van der Waals surface area contributed by atoms with Crippen LogP contribution in [0.2, 0.25) is 0 Å². The van der Waals surface area contributed by atoms with Crippen molar-refractivity contribution in [1.82, 2.24) is 0 Å². The van der Waals surface area contributed by atoms with Crippen molar-refractivity contribution in [3.63, 3.8) is 0 Å². The fourth-order valence-corrected chi connectivity index (χ4v) is 2.30. The number of benzene rings is 1. The molecule has 5 nitrogen and oxygen atoms in total. The van der Waals surface area contributed by atoms with Crippen LogP contribution in [0.25, 0.3) is 0 Å². The van der Waals surface area contributed by atoms with Crippen LogP contribution in [0.5, 0.6) is 5.75 Å². The van der Waals surface area contributed by atoms with Crippen LogP contribution < -0.4 is 4.74 Å². The quantitative estimate of drug-likeness (QED) is 0.333. The molecule has 0 amide bonds. The topological polar surface area (TPSA) is 61.8 Å². The monoisotopic (exact) mass is 380 g/mol. The van der Waals surface area contributed by atoms with Crippen molar-refractivity contribution >= 4 is 13.6 Å². The van der Waals surface area contributed by atoms with Gasteiger partial charge in [0, 0.05) is 14.2 Å². The second-order valence-electron chi connectivity index (χ2n) is 4.35. The van der Waals surface area contributed by atoms with Gasteiger partial charge in [-0.1, -0.05) is 0 Å². The van der Waals surface area contributed by atoms with Crippen LogP contribution in [0.4, 0.5) is 26.3 Å². The molecular formula is C12H11F6O5P. The van der Waals surface area contributed by atoms with Crippen molar-refractivity contribution < 1.29 is 49.5 Å². The van der Waals surface area contributed by atoms with Crippen molar-refractivity contribution in [2.24, 2.45) is 0 Å². The van der Waals surface area contributed by atoms with Gasteiger partial charge in [-0.25, -0.2) is 0 Å². The van der Waals surface area contributed by atoms with Crippen molar-refractivity contribution in [2.45, 2.75) is 12.4 Å². The second-order valence-corrected chi connectivity index (χ2v) is 6.62. The zero-order chi connectivity index (χ0) is 18.8. The fraction of sp³-hybridized carbons (Fsp3) is 0.417. The molecule has 0 aliphatic heterocycles. The first-order valence-electron chi connectivity index (χ1n) is 6.01. The van der Waals surface area contributed by atoms with Crippen LogP contribution in [0, 0.1) is 0 Å². The highest BCUT2D eigenvalue weighted by Gasteiger charge is 2.37.